The number of anilines is 1. The third-order valence-electron chi connectivity index (χ3n) is 2.81. The summed E-state index contributed by atoms with van der Waals surface area (Å²) >= 11 is 0. The van der Waals surface area contributed by atoms with E-state index >= 15 is 0 Å². The summed E-state index contributed by atoms with van der Waals surface area (Å²) < 4.78 is 29.5. The quantitative estimate of drug-likeness (QED) is 0.545. The molecule has 9 nitrogen and oxygen atoms in total. The van der Waals surface area contributed by atoms with Crippen molar-refractivity contribution in [3.8, 4) is 0 Å². The molecule has 2 rings (SSSR count). The van der Waals surface area contributed by atoms with Crippen molar-refractivity contribution in [1.82, 2.24) is 19.7 Å². The van der Waals surface area contributed by atoms with Crippen LogP contribution in [0.1, 0.15) is 13.8 Å². The molecule has 2 heterocycles. The van der Waals surface area contributed by atoms with Gasteiger partial charge in [-0.05, 0) is 13.8 Å². The predicted octanol–water partition coefficient (Wildman–Crippen LogP) is 1.65. The van der Waals surface area contributed by atoms with Gasteiger partial charge in [-0.15, -0.1) is 0 Å². The van der Waals surface area contributed by atoms with Gasteiger partial charge in [-0.2, -0.15) is 5.10 Å². The Balaban J connectivity index is 1.90. The summed E-state index contributed by atoms with van der Waals surface area (Å²) in [5.41, 5.74) is 6.38. The molecule has 0 atom stereocenters. The highest BCUT2D eigenvalue weighted by Crippen LogP contribution is 2.47. The lowest BCUT2D eigenvalue weighted by Gasteiger charge is -2.16. The smallest absolute Gasteiger partial charge is 0.356 e. The van der Waals surface area contributed by atoms with Gasteiger partial charge in [-0.25, -0.2) is 14.6 Å². The van der Waals surface area contributed by atoms with Crippen molar-refractivity contribution in [2.24, 2.45) is 0 Å². The van der Waals surface area contributed by atoms with Crippen LogP contribution in [-0.2, 0) is 24.9 Å². The highest BCUT2D eigenvalue weighted by molar-refractivity contribution is 7.53. The van der Waals surface area contributed by atoms with E-state index in [4.69, 9.17) is 19.5 Å². The minimum atomic E-state index is -3.18. The van der Waals surface area contributed by atoms with Crippen LogP contribution < -0.4 is 5.73 Å². The number of fused-ring (bicyclic) bond motifs is 1. The summed E-state index contributed by atoms with van der Waals surface area (Å²) in [5.74, 6) is 0.384. The Morgan fingerprint density at radius 2 is 2.00 bits per heavy atom. The van der Waals surface area contributed by atoms with Gasteiger partial charge in [0.25, 0.3) is 0 Å². The van der Waals surface area contributed by atoms with Crippen molar-refractivity contribution >= 4 is 24.4 Å². The maximum atomic E-state index is 12.2. The molecule has 122 valence electrons. The van der Waals surface area contributed by atoms with Gasteiger partial charge in [0.1, 0.15) is 18.5 Å². The molecule has 0 saturated carbocycles. The van der Waals surface area contributed by atoms with E-state index in [1.54, 1.807) is 24.7 Å². The third-order valence-corrected chi connectivity index (χ3v) is 4.61. The van der Waals surface area contributed by atoms with Gasteiger partial charge in [-0.1, -0.05) is 0 Å². The van der Waals surface area contributed by atoms with E-state index in [9.17, 15) is 4.57 Å². The minimum absolute atomic E-state index is 0.0923. The van der Waals surface area contributed by atoms with Crippen molar-refractivity contribution in [1.29, 1.82) is 0 Å². The molecule has 0 bridgehead atoms. The Hall–Kier alpha value is -1.54. The second-order valence-corrected chi connectivity index (χ2v) is 6.34. The average Bonchev–Trinajstić information content (AvgIpc) is 2.89. The maximum absolute atomic E-state index is 12.2. The maximum Gasteiger partial charge on any atom is 0.356 e. The number of hydrogen-bond donors (Lipinski definition) is 1. The van der Waals surface area contributed by atoms with Crippen LogP contribution in [0.2, 0.25) is 0 Å². The van der Waals surface area contributed by atoms with Gasteiger partial charge >= 0.3 is 7.60 Å². The second-order valence-electron chi connectivity index (χ2n) is 4.35. The molecule has 10 heteroatoms. The summed E-state index contributed by atoms with van der Waals surface area (Å²) in [7, 11) is -3.18. The molecule has 2 aromatic rings. The zero-order valence-corrected chi connectivity index (χ0v) is 13.5. The number of ether oxygens (including phenoxy) is 1. The Kier molecular flexibility index (Phi) is 5.84. The molecule has 0 fully saturated rings. The summed E-state index contributed by atoms with van der Waals surface area (Å²) in [6.45, 7) is 4.86. The van der Waals surface area contributed by atoms with Crippen molar-refractivity contribution < 1.29 is 18.3 Å². The van der Waals surface area contributed by atoms with E-state index in [0.717, 1.165) is 0 Å². The Morgan fingerprint density at radius 3 is 2.68 bits per heavy atom. The molecule has 0 aliphatic carbocycles. The molecule has 0 unspecified atom stereocenters. The fourth-order valence-corrected chi connectivity index (χ4v) is 3.27. The number of nitrogens with two attached hydrogens (primary N) is 1. The number of hydrogen-bond acceptors (Lipinski definition) is 8. The van der Waals surface area contributed by atoms with Crippen molar-refractivity contribution in [3.63, 3.8) is 0 Å². The van der Waals surface area contributed by atoms with Crippen LogP contribution in [0.15, 0.2) is 12.5 Å². The number of nitrogens with zero attached hydrogens (tertiary/aromatic N) is 4. The van der Waals surface area contributed by atoms with Gasteiger partial charge in [0.2, 0.25) is 0 Å². The topological polar surface area (TPSA) is 114 Å². The summed E-state index contributed by atoms with van der Waals surface area (Å²) in [6.07, 6.45) is 2.90. The molecule has 2 aromatic heterocycles. The largest absolute Gasteiger partial charge is 0.383 e. The highest BCUT2D eigenvalue weighted by Gasteiger charge is 2.23. The highest BCUT2D eigenvalue weighted by atomic mass is 31.2. The third kappa shape index (κ3) is 4.01. The first-order chi connectivity index (χ1) is 10.6. The van der Waals surface area contributed by atoms with E-state index < -0.39 is 7.60 Å². The van der Waals surface area contributed by atoms with Gasteiger partial charge in [0, 0.05) is 0 Å². The first-order valence-electron chi connectivity index (χ1n) is 6.97. The van der Waals surface area contributed by atoms with Gasteiger partial charge in [0.05, 0.1) is 37.9 Å². The van der Waals surface area contributed by atoms with Crippen molar-refractivity contribution in [2.45, 2.75) is 20.4 Å². The Morgan fingerprint density at radius 1 is 1.27 bits per heavy atom. The molecule has 0 saturated heterocycles. The van der Waals surface area contributed by atoms with E-state index in [1.807, 2.05) is 0 Å². The molecule has 0 radical (unpaired) electrons. The number of nitrogen functional groups attached to an aromatic ring is 1. The molecule has 2 N–H and O–H groups in total. The standard InChI is InChI=1S/C12H20N5O4P/c1-3-20-22(18,21-4-2)9-19-6-5-17-12-10(7-16-17)11(13)14-8-15-12/h7-8H,3-6,9H2,1-2H3,(H2,13,14,15). The molecule has 22 heavy (non-hydrogen) atoms. The molecular formula is C12H20N5O4P. The Labute approximate surface area is 128 Å². The van der Waals surface area contributed by atoms with E-state index in [1.165, 1.54) is 6.33 Å². The lowest BCUT2D eigenvalue weighted by Crippen LogP contribution is -2.10. The Bertz CT molecular complexity index is 652. The van der Waals surface area contributed by atoms with Gasteiger partial charge in [0.15, 0.2) is 5.65 Å². The first kappa shape index (κ1) is 16.8. The van der Waals surface area contributed by atoms with E-state index in [2.05, 4.69) is 15.1 Å². The molecule has 0 spiro atoms. The molecule has 0 aliphatic rings. The number of rotatable bonds is 9. The van der Waals surface area contributed by atoms with Gasteiger partial charge < -0.3 is 19.5 Å². The second kappa shape index (κ2) is 7.64. The van der Waals surface area contributed by atoms with Crippen LogP contribution in [0.25, 0.3) is 11.0 Å². The van der Waals surface area contributed by atoms with Crippen LogP contribution in [0, 0.1) is 0 Å². The van der Waals surface area contributed by atoms with Crippen molar-refractivity contribution in [3.05, 3.63) is 12.5 Å². The minimum Gasteiger partial charge on any atom is -0.383 e. The first-order valence-corrected chi connectivity index (χ1v) is 8.70. The van der Waals surface area contributed by atoms with Crippen molar-refractivity contribution in [2.75, 3.05) is 31.9 Å². The van der Waals surface area contributed by atoms with E-state index in [-0.39, 0.29) is 6.35 Å². The average molecular weight is 329 g/mol. The summed E-state index contributed by atoms with van der Waals surface area (Å²) in [6, 6.07) is 0. The van der Waals surface area contributed by atoms with Crippen LogP contribution in [-0.4, -0.2) is 45.9 Å². The van der Waals surface area contributed by atoms with Gasteiger partial charge in [-0.3, -0.25) is 4.57 Å². The summed E-state index contributed by atoms with van der Waals surface area (Å²) in [4.78, 5) is 8.04. The zero-order valence-electron chi connectivity index (χ0n) is 12.6. The predicted molar refractivity (Wildman–Crippen MR) is 81.4 cm³/mol. The van der Waals surface area contributed by atoms with Crippen LogP contribution in [0.4, 0.5) is 5.82 Å². The number of aromatic nitrogens is 4. The van der Waals surface area contributed by atoms with Crippen LogP contribution >= 0.6 is 7.60 Å². The fourth-order valence-electron chi connectivity index (χ4n) is 1.91. The fraction of sp³-hybridized carbons (Fsp3) is 0.583. The summed E-state index contributed by atoms with van der Waals surface area (Å²) in [5, 5.41) is 4.88. The molecule has 0 aliphatic heterocycles. The molecule has 0 aromatic carbocycles. The lowest BCUT2D eigenvalue weighted by molar-refractivity contribution is 0.125. The van der Waals surface area contributed by atoms with E-state index in [0.29, 0.717) is 43.2 Å². The van der Waals surface area contributed by atoms with Crippen LogP contribution in [0.5, 0.6) is 0 Å². The van der Waals surface area contributed by atoms with Crippen LogP contribution in [0.3, 0.4) is 0 Å². The normalized spacial score (nSPS) is 12.1. The molecular weight excluding hydrogens is 309 g/mol. The molecule has 0 amide bonds. The SMILES string of the molecule is CCOP(=O)(COCCn1ncc2c(N)ncnc21)OCC. The monoisotopic (exact) mass is 329 g/mol. The zero-order chi connectivity index (χ0) is 16.0. The lowest BCUT2D eigenvalue weighted by atomic mass is 10.4.